The van der Waals surface area contributed by atoms with Crippen LogP contribution in [-0.4, -0.2) is 32.9 Å². The minimum absolute atomic E-state index is 0.118. The fourth-order valence-electron chi connectivity index (χ4n) is 1.56. The molecule has 1 aromatic rings. The predicted molar refractivity (Wildman–Crippen MR) is 49.7 cm³/mol. The first-order valence-electron chi connectivity index (χ1n) is 4.64. The molecule has 1 amide bonds. The van der Waals surface area contributed by atoms with Gasteiger partial charge in [0.05, 0.1) is 6.10 Å². The minimum Gasteiger partial charge on any atom is -0.393 e. The Hall–Kier alpha value is -1.36. The maximum absolute atomic E-state index is 11.6. The molecule has 0 atom stereocenters. The second kappa shape index (κ2) is 3.42. The van der Waals surface area contributed by atoms with E-state index in [0.29, 0.717) is 18.5 Å². The quantitative estimate of drug-likeness (QED) is 0.679. The van der Waals surface area contributed by atoms with E-state index in [9.17, 15) is 4.79 Å². The zero-order chi connectivity index (χ0) is 10.1. The van der Waals surface area contributed by atoms with Gasteiger partial charge in [-0.15, -0.1) is 0 Å². The Morgan fingerprint density at radius 1 is 1.71 bits per heavy atom. The summed E-state index contributed by atoms with van der Waals surface area (Å²) in [6.07, 6.45) is 2.66. The summed E-state index contributed by atoms with van der Waals surface area (Å²) >= 11 is 0. The Morgan fingerprint density at radius 3 is 2.93 bits per heavy atom. The van der Waals surface area contributed by atoms with Crippen LogP contribution in [0.3, 0.4) is 0 Å². The normalized spacial score (nSPS) is 25.6. The van der Waals surface area contributed by atoms with Crippen molar-refractivity contribution in [1.29, 1.82) is 0 Å². The third-order valence-electron chi connectivity index (χ3n) is 2.50. The second-order valence-corrected chi connectivity index (χ2v) is 3.64. The number of nitrogens with zero attached hydrogens (tertiary/aromatic N) is 2. The molecule has 1 aliphatic carbocycles. The first-order chi connectivity index (χ1) is 6.66. The van der Waals surface area contributed by atoms with Crippen LogP contribution in [-0.2, 0) is 7.05 Å². The summed E-state index contributed by atoms with van der Waals surface area (Å²) in [5.74, 6) is -0.123. The highest BCUT2D eigenvalue weighted by atomic mass is 16.3. The van der Waals surface area contributed by atoms with E-state index < -0.39 is 0 Å². The summed E-state index contributed by atoms with van der Waals surface area (Å²) in [7, 11) is 1.73. The Morgan fingerprint density at radius 2 is 2.43 bits per heavy atom. The molecular weight excluding hydrogens is 182 g/mol. The summed E-state index contributed by atoms with van der Waals surface area (Å²) in [6, 6.07) is 1.79. The van der Waals surface area contributed by atoms with Crippen molar-refractivity contribution in [2.75, 3.05) is 0 Å². The van der Waals surface area contributed by atoms with E-state index >= 15 is 0 Å². The summed E-state index contributed by atoms with van der Waals surface area (Å²) < 4.78 is 1.53. The van der Waals surface area contributed by atoms with E-state index in [1.165, 1.54) is 4.68 Å². The molecule has 1 aromatic heterocycles. The zero-order valence-electron chi connectivity index (χ0n) is 7.97. The molecule has 1 saturated carbocycles. The van der Waals surface area contributed by atoms with Gasteiger partial charge in [0.1, 0.15) is 5.69 Å². The van der Waals surface area contributed by atoms with E-state index in [2.05, 4.69) is 10.4 Å². The number of carbonyl (C=O) groups excluding carboxylic acids is 1. The fourth-order valence-corrected chi connectivity index (χ4v) is 1.56. The highest BCUT2D eigenvalue weighted by molar-refractivity contribution is 5.92. The van der Waals surface area contributed by atoms with Crippen LogP contribution < -0.4 is 5.32 Å². The minimum atomic E-state index is -0.244. The number of aliphatic hydroxyl groups excluding tert-OH is 1. The van der Waals surface area contributed by atoms with Gasteiger partial charge in [-0.25, -0.2) is 0 Å². The van der Waals surface area contributed by atoms with Crippen molar-refractivity contribution in [2.24, 2.45) is 7.05 Å². The third kappa shape index (κ3) is 1.63. The molecule has 0 radical (unpaired) electrons. The molecule has 1 fully saturated rings. The van der Waals surface area contributed by atoms with E-state index in [1.807, 2.05) is 0 Å². The van der Waals surface area contributed by atoms with Crippen molar-refractivity contribution < 1.29 is 9.90 Å². The van der Waals surface area contributed by atoms with Crippen LogP contribution in [0.25, 0.3) is 0 Å². The summed E-state index contributed by atoms with van der Waals surface area (Å²) in [5, 5.41) is 15.8. The number of aliphatic hydroxyl groups is 1. The largest absolute Gasteiger partial charge is 0.393 e. The van der Waals surface area contributed by atoms with Crippen LogP contribution in [0, 0.1) is 0 Å². The van der Waals surface area contributed by atoms with Gasteiger partial charge in [-0.1, -0.05) is 0 Å². The Balaban J connectivity index is 1.93. The number of carbonyl (C=O) groups is 1. The molecule has 1 aliphatic rings. The molecule has 5 heteroatoms. The predicted octanol–water partition coefficient (Wildman–Crippen LogP) is -0.327. The molecule has 76 valence electrons. The topological polar surface area (TPSA) is 67.2 Å². The Labute approximate surface area is 81.7 Å². The van der Waals surface area contributed by atoms with E-state index in [-0.39, 0.29) is 18.1 Å². The van der Waals surface area contributed by atoms with Crippen LogP contribution in [0.5, 0.6) is 0 Å². The van der Waals surface area contributed by atoms with Crippen molar-refractivity contribution in [2.45, 2.75) is 25.0 Å². The molecular formula is C9H13N3O2. The van der Waals surface area contributed by atoms with Crippen LogP contribution in [0.2, 0.25) is 0 Å². The van der Waals surface area contributed by atoms with Gasteiger partial charge in [-0.05, 0) is 18.9 Å². The number of aryl methyl sites for hydroxylation is 1. The van der Waals surface area contributed by atoms with Gasteiger partial charge in [-0.3, -0.25) is 9.48 Å². The van der Waals surface area contributed by atoms with Gasteiger partial charge in [0.15, 0.2) is 0 Å². The van der Waals surface area contributed by atoms with Gasteiger partial charge in [0, 0.05) is 19.3 Å². The number of amides is 1. The number of rotatable bonds is 2. The smallest absolute Gasteiger partial charge is 0.269 e. The maximum Gasteiger partial charge on any atom is 0.269 e. The van der Waals surface area contributed by atoms with Gasteiger partial charge in [-0.2, -0.15) is 5.10 Å². The molecule has 0 aliphatic heterocycles. The lowest BCUT2D eigenvalue weighted by atomic mass is 9.89. The molecule has 0 spiro atoms. The van der Waals surface area contributed by atoms with Crippen LogP contribution in [0.1, 0.15) is 23.3 Å². The van der Waals surface area contributed by atoms with Gasteiger partial charge in [0.25, 0.3) is 5.91 Å². The van der Waals surface area contributed by atoms with Crippen molar-refractivity contribution in [3.05, 3.63) is 18.0 Å². The monoisotopic (exact) mass is 195 g/mol. The summed E-state index contributed by atoms with van der Waals surface area (Å²) in [4.78, 5) is 11.6. The highest BCUT2D eigenvalue weighted by Gasteiger charge is 2.29. The van der Waals surface area contributed by atoms with Crippen molar-refractivity contribution >= 4 is 5.91 Å². The molecule has 14 heavy (non-hydrogen) atoms. The maximum atomic E-state index is 11.6. The van der Waals surface area contributed by atoms with Gasteiger partial charge >= 0.3 is 0 Å². The van der Waals surface area contributed by atoms with Crippen molar-refractivity contribution in [3.8, 4) is 0 Å². The molecule has 5 nitrogen and oxygen atoms in total. The Kier molecular flexibility index (Phi) is 2.25. The third-order valence-corrected chi connectivity index (χ3v) is 2.50. The number of nitrogens with one attached hydrogen (secondary N) is 1. The van der Waals surface area contributed by atoms with E-state index in [1.54, 1.807) is 19.3 Å². The molecule has 1 heterocycles. The lowest BCUT2D eigenvalue weighted by molar-refractivity contribution is 0.0559. The highest BCUT2D eigenvalue weighted by Crippen LogP contribution is 2.19. The van der Waals surface area contributed by atoms with E-state index in [4.69, 9.17) is 5.11 Å². The number of hydrogen-bond donors (Lipinski definition) is 2. The number of hydrogen-bond acceptors (Lipinski definition) is 3. The SMILES string of the molecule is Cn1nccc1C(=O)NC1CC(O)C1. The van der Waals surface area contributed by atoms with Crippen LogP contribution in [0.15, 0.2) is 12.3 Å². The molecule has 2 rings (SSSR count). The van der Waals surface area contributed by atoms with Crippen molar-refractivity contribution in [1.82, 2.24) is 15.1 Å². The van der Waals surface area contributed by atoms with Gasteiger partial charge < -0.3 is 10.4 Å². The average Bonchev–Trinajstić information content (AvgIpc) is 2.48. The first kappa shape index (κ1) is 9.21. The molecule has 2 N–H and O–H groups in total. The Bertz CT molecular complexity index is 342. The molecule has 0 bridgehead atoms. The van der Waals surface area contributed by atoms with Crippen LogP contribution in [0.4, 0.5) is 0 Å². The number of aromatic nitrogens is 2. The standard InChI is InChI=1S/C9H13N3O2/c1-12-8(2-3-10-12)9(14)11-6-4-7(13)5-6/h2-3,6-7,13H,4-5H2,1H3,(H,11,14). The second-order valence-electron chi connectivity index (χ2n) is 3.64. The lowest BCUT2D eigenvalue weighted by Gasteiger charge is -2.31. The lowest BCUT2D eigenvalue weighted by Crippen LogP contribution is -2.47. The van der Waals surface area contributed by atoms with Crippen molar-refractivity contribution in [3.63, 3.8) is 0 Å². The molecule has 0 aromatic carbocycles. The molecule has 0 saturated heterocycles. The fraction of sp³-hybridized carbons (Fsp3) is 0.556. The van der Waals surface area contributed by atoms with Gasteiger partial charge in [0.2, 0.25) is 0 Å². The summed E-state index contributed by atoms with van der Waals surface area (Å²) in [5.41, 5.74) is 0.548. The first-order valence-corrected chi connectivity index (χ1v) is 4.64. The van der Waals surface area contributed by atoms with Crippen LogP contribution >= 0.6 is 0 Å². The zero-order valence-corrected chi connectivity index (χ0v) is 7.97. The average molecular weight is 195 g/mol. The summed E-state index contributed by atoms with van der Waals surface area (Å²) in [6.45, 7) is 0. The van der Waals surface area contributed by atoms with E-state index in [0.717, 1.165) is 0 Å². The molecule has 0 unspecified atom stereocenters.